The maximum Gasteiger partial charge on any atom is 0.328 e. The number of esters is 3. The molecule has 20 nitrogen and oxygen atoms in total. The molecule has 5 rings (SSSR count). The Balaban J connectivity index is 1.33. The first kappa shape index (κ1) is 75.4. The lowest BCUT2D eigenvalue weighted by Gasteiger charge is -2.41. The van der Waals surface area contributed by atoms with Crippen LogP contribution < -0.4 is 21.3 Å². The van der Waals surface area contributed by atoms with Crippen molar-refractivity contribution in [1.82, 2.24) is 15.5 Å². The summed E-state index contributed by atoms with van der Waals surface area (Å²) in [6, 6.07) is 2.22. The molecule has 5 N–H and O–H groups in total. The molecule has 0 saturated carbocycles. The number of allylic oxidation sites excluding steroid dienone is 3. The number of hydrogen-bond donors (Lipinski definition) is 4. The molecular formula is C65H88Br2Cl2FN5O15. The standard InChI is InChI=1S/C65H88Br2Cl2FN5O15/c1-35(2)44(28-43(76)18-13-14-21-63(7,8)90-61(83)42(33-66)34-67)58(80)73-48(19-16-22-72-62(71)84)50(77)27-41-26-46(68)45(29-47(41)70)59(81)74(10)39(6)60(82)88-53-30-54(78)75(11)49-25-40(24-37(4)56(49)69)23-36(3)17-15-20-52(86-12)65(85)31-51(87-55(79)32-65)38(5)57-64(53,9)89-57/h15,17,20,24-26,29,35,38-39,42,44,48,51-53,57,85H,13-14,16,18-19,21-23,27-28,30-34H2,1-12H3,(H,73,80)(H3,71,72,84)/b20-15+,36-17+/t38-,39+,44+,48+,51+,52-,53+,57+,64+,65-/m1/s1. The summed E-state index contributed by atoms with van der Waals surface area (Å²) in [5.41, 5.74) is 3.70. The predicted molar refractivity (Wildman–Crippen MR) is 346 cm³/mol. The fraction of sp³-hybridized carbons (Fsp3) is 0.615. The Morgan fingerprint density at radius 3 is 2.32 bits per heavy atom. The van der Waals surface area contributed by atoms with Crippen LogP contribution in [0, 0.1) is 36.4 Å². The summed E-state index contributed by atoms with van der Waals surface area (Å²) >= 11 is 20.2. The van der Waals surface area contributed by atoms with Crippen molar-refractivity contribution in [2.45, 2.75) is 193 Å². The van der Waals surface area contributed by atoms with Gasteiger partial charge >= 0.3 is 23.9 Å². The number of anilines is 1. The molecule has 498 valence electrons. The molecule has 0 aliphatic carbocycles. The average Bonchev–Trinajstić information content (AvgIpc) is 1.67. The number of methoxy groups -OCH3 is 1. The number of aliphatic hydroxyl groups is 1. The number of nitrogens with two attached hydrogens (primary N) is 1. The van der Waals surface area contributed by atoms with Crippen molar-refractivity contribution >= 4 is 114 Å². The lowest BCUT2D eigenvalue weighted by Crippen LogP contribution is -2.53. The number of likely N-dealkylation sites (N-methyl/N-ethyl adjacent to an activating group) is 1. The fourth-order valence-electron chi connectivity index (χ4n) is 11.4. The number of rotatable bonds is 26. The highest BCUT2D eigenvalue weighted by Crippen LogP contribution is 2.50. The van der Waals surface area contributed by atoms with Gasteiger partial charge in [-0.15, -0.1) is 0 Å². The Bertz CT molecular complexity index is 3050. The molecule has 10 atom stereocenters. The summed E-state index contributed by atoms with van der Waals surface area (Å²) < 4.78 is 46.1. The van der Waals surface area contributed by atoms with Crippen LogP contribution in [0.15, 0.2) is 48.1 Å². The number of ketones is 2. The van der Waals surface area contributed by atoms with Gasteiger partial charge in [0.1, 0.15) is 52.8 Å². The SMILES string of the molecule is CO[C@@H]1/C=C/C=C(\C)Cc2cc(C)c(Cl)c(c2)N(C)C(=O)C[C@H](OC(=O)[C@H](C)N(C)C(=O)c2cc(F)c(CC(=O)[C@H](CCCNC(N)=O)NC(=O)[C@@H](CC(=O)CCCCC(C)(C)OC(=O)C(CBr)CBr)C(C)C)cc2Cl)[C@]2(C)O[C@H]2[C@H](C)[C@@H]2C[C@@]1(O)CC(=O)O2. The number of ether oxygens (including phenoxy) is 5. The number of unbranched alkanes of at least 4 members (excludes halogenated alkanes) is 1. The molecule has 5 amide bonds. The maximum atomic E-state index is 16.3. The Morgan fingerprint density at radius 2 is 1.69 bits per heavy atom. The number of primary amides is 1. The van der Waals surface area contributed by atoms with Gasteiger partial charge in [0.2, 0.25) is 11.8 Å². The third-order valence-corrected chi connectivity index (χ3v) is 19.6. The molecule has 0 radical (unpaired) electrons. The van der Waals surface area contributed by atoms with Gasteiger partial charge in [-0.3, -0.25) is 33.6 Å². The molecule has 2 aromatic carbocycles. The van der Waals surface area contributed by atoms with Gasteiger partial charge in [0.15, 0.2) is 5.78 Å². The van der Waals surface area contributed by atoms with Gasteiger partial charge in [0.05, 0.1) is 52.2 Å². The topological polar surface area (TPSA) is 280 Å². The molecule has 2 saturated heterocycles. The normalized spacial score (nSPS) is 24.1. The van der Waals surface area contributed by atoms with Crippen LogP contribution in [0.5, 0.6) is 0 Å². The third kappa shape index (κ3) is 20.1. The first-order chi connectivity index (χ1) is 42.1. The van der Waals surface area contributed by atoms with Crippen LogP contribution in [0.2, 0.25) is 10.0 Å². The van der Waals surface area contributed by atoms with Crippen LogP contribution in [0.1, 0.15) is 147 Å². The van der Waals surface area contributed by atoms with Crippen LogP contribution >= 0.6 is 55.1 Å². The van der Waals surface area contributed by atoms with E-state index in [1.54, 1.807) is 53.0 Å². The van der Waals surface area contributed by atoms with Gasteiger partial charge in [0.25, 0.3) is 5.91 Å². The minimum Gasteiger partial charge on any atom is -0.462 e. The highest BCUT2D eigenvalue weighted by atomic mass is 79.9. The summed E-state index contributed by atoms with van der Waals surface area (Å²) in [6.45, 7) is 15.7. The molecule has 2 fully saturated rings. The van der Waals surface area contributed by atoms with Crippen LogP contribution in [-0.4, -0.2) is 155 Å². The summed E-state index contributed by atoms with van der Waals surface area (Å²) in [6.07, 6.45) is 2.16. The van der Waals surface area contributed by atoms with Crippen LogP contribution in [0.4, 0.5) is 14.9 Å². The maximum absolute atomic E-state index is 16.3. The summed E-state index contributed by atoms with van der Waals surface area (Å²) in [5, 5.41) is 18.2. The molecule has 0 unspecified atom stereocenters. The summed E-state index contributed by atoms with van der Waals surface area (Å²) in [7, 11) is 4.25. The van der Waals surface area contributed by atoms with E-state index >= 15 is 4.39 Å². The van der Waals surface area contributed by atoms with Gasteiger partial charge < -0.3 is 55.0 Å². The number of fused-ring (bicyclic) bond motifs is 5. The number of epoxide rings is 1. The van der Waals surface area contributed by atoms with E-state index in [2.05, 4.69) is 42.5 Å². The first-order valence-electron chi connectivity index (χ1n) is 30.3. The van der Waals surface area contributed by atoms with E-state index in [4.69, 9.17) is 52.6 Å². The van der Waals surface area contributed by atoms with Gasteiger partial charge in [0, 0.05) is 75.9 Å². The minimum absolute atomic E-state index is 0.00933. The van der Waals surface area contributed by atoms with Gasteiger partial charge in [-0.1, -0.05) is 106 Å². The van der Waals surface area contributed by atoms with E-state index in [1.807, 2.05) is 39.8 Å². The Kier molecular flexibility index (Phi) is 27.7. The molecule has 3 aliphatic heterocycles. The van der Waals surface area contributed by atoms with E-state index in [1.165, 1.54) is 26.0 Å². The van der Waals surface area contributed by atoms with Crippen LogP contribution in [0.25, 0.3) is 0 Å². The first-order valence-corrected chi connectivity index (χ1v) is 33.3. The molecule has 0 spiro atoms. The van der Waals surface area contributed by atoms with Crippen molar-refractivity contribution in [2.75, 3.05) is 43.3 Å². The number of benzene rings is 2. The van der Waals surface area contributed by atoms with Crippen molar-refractivity contribution < 1.29 is 76.3 Å². The average molecular weight is 1430 g/mol. The summed E-state index contributed by atoms with van der Waals surface area (Å²) in [5.74, 6) is -7.97. The number of alkyl halides is 2. The highest BCUT2D eigenvalue weighted by Gasteiger charge is 2.64. The number of halogens is 5. The lowest BCUT2D eigenvalue weighted by atomic mass is 9.78. The quantitative estimate of drug-likeness (QED) is 0.0224. The van der Waals surface area contributed by atoms with Crippen molar-refractivity contribution in [3.05, 3.63) is 86.2 Å². The fourth-order valence-corrected chi connectivity index (χ4v) is 13.5. The number of aryl methyl sites for hydroxylation is 1. The molecule has 4 bridgehead atoms. The van der Waals surface area contributed by atoms with Crippen molar-refractivity contribution in [3.8, 4) is 0 Å². The molecule has 90 heavy (non-hydrogen) atoms. The third-order valence-electron chi connectivity index (χ3n) is 17.3. The monoisotopic (exact) mass is 1430 g/mol. The number of nitrogens with zero attached hydrogens (tertiary/aromatic N) is 2. The van der Waals surface area contributed by atoms with E-state index < -0.39 is 125 Å². The molecular weight excluding hydrogens is 1340 g/mol. The Labute approximate surface area is 554 Å². The number of Topliss-reactive ketones (excluding diaryl/α,β-unsaturated/α-hetero) is 2. The second kappa shape index (κ2) is 33.0. The Morgan fingerprint density at radius 1 is 1.01 bits per heavy atom. The van der Waals surface area contributed by atoms with Crippen molar-refractivity contribution in [2.24, 2.45) is 29.4 Å². The molecule has 3 heterocycles. The second-order valence-electron chi connectivity index (χ2n) is 25.3. The molecule has 25 heteroatoms. The van der Waals surface area contributed by atoms with E-state index in [9.17, 15) is 48.3 Å². The van der Waals surface area contributed by atoms with Crippen molar-refractivity contribution in [3.63, 3.8) is 0 Å². The van der Waals surface area contributed by atoms with E-state index in [-0.39, 0.29) is 84.8 Å². The largest absolute Gasteiger partial charge is 0.462 e. The number of hydrogen-bond acceptors (Lipinski definition) is 15. The Hall–Kier alpha value is -5.30. The van der Waals surface area contributed by atoms with Gasteiger partial charge in [-0.25, -0.2) is 14.0 Å². The molecule has 2 aromatic rings. The van der Waals surface area contributed by atoms with E-state index in [0.717, 1.165) is 28.2 Å². The van der Waals surface area contributed by atoms with Gasteiger partial charge in [-0.05, 0) is 121 Å². The zero-order valence-electron chi connectivity index (χ0n) is 53.4. The van der Waals surface area contributed by atoms with Crippen LogP contribution in [0.3, 0.4) is 0 Å². The summed E-state index contributed by atoms with van der Waals surface area (Å²) in [4.78, 5) is 124. The zero-order chi connectivity index (χ0) is 67.3. The smallest absolute Gasteiger partial charge is 0.328 e. The predicted octanol–water partition coefficient (Wildman–Crippen LogP) is 9.73. The minimum atomic E-state index is -1.68. The number of carbonyl (C=O) groups is 9. The van der Waals surface area contributed by atoms with Crippen molar-refractivity contribution in [1.29, 1.82) is 0 Å². The highest BCUT2D eigenvalue weighted by molar-refractivity contribution is 9.09. The van der Waals surface area contributed by atoms with Crippen LogP contribution in [-0.2, 0) is 70.1 Å². The van der Waals surface area contributed by atoms with Gasteiger partial charge in [-0.2, -0.15) is 0 Å². The number of carbonyl (C=O) groups excluding carboxylic acids is 9. The number of amides is 5. The molecule has 3 aliphatic rings. The molecule has 0 aromatic heterocycles. The second-order valence-corrected chi connectivity index (χ2v) is 27.4. The zero-order valence-corrected chi connectivity index (χ0v) is 58.1. The number of urea groups is 1. The number of nitrogens with one attached hydrogen (secondary N) is 2. The van der Waals surface area contributed by atoms with E-state index in [0.29, 0.717) is 52.6 Å². The lowest BCUT2D eigenvalue weighted by molar-refractivity contribution is -0.187.